The van der Waals surface area contributed by atoms with Gasteiger partial charge in [-0.2, -0.15) is 0 Å². The van der Waals surface area contributed by atoms with Gasteiger partial charge in [0.1, 0.15) is 18.5 Å². The third kappa shape index (κ3) is 5.80. The molecule has 0 aliphatic rings. The van der Waals surface area contributed by atoms with E-state index in [0.717, 1.165) is 13.1 Å². The summed E-state index contributed by atoms with van der Waals surface area (Å²) in [6.07, 6.45) is -0.568. The number of carbonyl (C=O) groups is 1. The van der Waals surface area contributed by atoms with E-state index in [1.54, 1.807) is 24.3 Å². The molecule has 0 heterocycles. The number of ether oxygens (including phenoxy) is 1. The second kappa shape index (κ2) is 9.21. The third-order valence-electron chi connectivity index (χ3n) is 3.87. The first-order chi connectivity index (χ1) is 11.6. The Balaban J connectivity index is 1.80. The van der Waals surface area contributed by atoms with Crippen molar-refractivity contribution >= 4 is 5.78 Å². The second-order valence-electron chi connectivity index (χ2n) is 5.86. The molecule has 0 aromatic heterocycles. The number of ketones is 1. The summed E-state index contributed by atoms with van der Waals surface area (Å²) >= 11 is 0. The van der Waals surface area contributed by atoms with Crippen LogP contribution in [0.5, 0.6) is 5.75 Å². The molecule has 0 saturated heterocycles. The SMILES string of the molecule is CCN(Cc1ccccc1)CC(O)COc1ccc(C(C)=O)cc1. The minimum Gasteiger partial charge on any atom is -0.491 e. The van der Waals surface area contributed by atoms with Gasteiger partial charge in [-0.15, -0.1) is 0 Å². The molecule has 0 bridgehead atoms. The fourth-order valence-electron chi connectivity index (χ4n) is 2.48. The van der Waals surface area contributed by atoms with Crippen molar-refractivity contribution in [3.8, 4) is 5.75 Å². The van der Waals surface area contributed by atoms with E-state index < -0.39 is 6.10 Å². The van der Waals surface area contributed by atoms with E-state index in [0.29, 0.717) is 17.9 Å². The molecule has 4 heteroatoms. The van der Waals surface area contributed by atoms with E-state index in [9.17, 15) is 9.90 Å². The Morgan fingerprint density at radius 1 is 1.12 bits per heavy atom. The first-order valence-corrected chi connectivity index (χ1v) is 8.26. The summed E-state index contributed by atoms with van der Waals surface area (Å²) < 4.78 is 5.61. The Hall–Kier alpha value is -2.17. The van der Waals surface area contributed by atoms with Crippen LogP contribution >= 0.6 is 0 Å². The van der Waals surface area contributed by atoms with Crippen molar-refractivity contribution in [2.24, 2.45) is 0 Å². The molecule has 1 unspecified atom stereocenters. The predicted molar refractivity (Wildman–Crippen MR) is 95.3 cm³/mol. The van der Waals surface area contributed by atoms with Crippen molar-refractivity contribution in [2.45, 2.75) is 26.5 Å². The van der Waals surface area contributed by atoms with Gasteiger partial charge < -0.3 is 9.84 Å². The Morgan fingerprint density at radius 3 is 2.38 bits per heavy atom. The topological polar surface area (TPSA) is 49.8 Å². The van der Waals surface area contributed by atoms with Crippen molar-refractivity contribution in [2.75, 3.05) is 19.7 Å². The molecular weight excluding hydrogens is 302 g/mol. The second-order valence-corrected chi connectivity index (χ2v) is 5.86. The summed E-state index contributed by atoms with van der Waals surface area (Å²) in [6, 6.07) is 17.2. The molecule has 4 nitrogen and oxygen atoms in total. The molecule has 0 aliphatic carbocycles. The van der Waals surface area contributed by atoms with Gasteiger partial charge in [0.2, 0.25) is 0 Å². The lowest BCUT2D eigenvalue weighted by Gasteiger charge is -2.23. The molecule has 24 heavy (non-hydrogen) atoms. The number of benzene rings is 2. The van der Waals surface area contributed by atoms with Crippen LogP contribution in [0.15, 0.2) is 54.6 Å². The number of Topliss-reactive ketones (excluding diaryl/α,β-unsaturated/α-hetero) is 1. The number of nitrogens with zero attached hydrogens (tertiary/aromatic N) is 1. The van der Waals surface area contributed by atoms with Crippen LogP contribution in [0.4, 0.5) is 0 Å². The van der Waals surface area contributed by atoms with Crippen molar-refractivity contribution in [3.05, 3.63) is 65.7 Å². The average Bonchev–Trinajstić information content (AvgIpc) is 2.60. The highest BCUT2D eigenvalue weighted by Crippen LogP contribution is 2.13. The normalized spacial score (nSPS) is 12.2. The smallest absolute Gasteiger partial charge is 0.159 e. The van der Waals surface area contributed by atoms with Gasteiger partial charge in [-0.1, -0.05) is 37.3 Å². The van der Waals surface area contributed by atoms with E-state index in [4.69, 9.17) is 4.74 Å². The zero-order valence-electron chi connectivity index (χ0n) is 14.3. The summed E-state index contributed by atoms with van der Waals surface area (Å²) in [5, 5.41) is 10.2. The highest BCUT2D eigenvalue weighted by atomic mass is 16.5. The van der Waals surface area contributed by atoms with Crippen molar-refractivity contribution in [3.63, 3.8) is 0 Å². The quantitative estimate of drug-likeness (QED) is 0.719. The number of hydrogen-bond donors (Lipinski definition) is 1. The van der Waals surface area contributed by atoms with Gasteiger partial charge in [0.25, 0.3) is 0 Å². The van der Waals surface area contributed by atoms with Crippen LogP contribution in [0, 0.1) is 0 Å². The molecule has 0 saturated carbocycles. The van der Waals surface area contributed by atoms with Gasteiger partial charge in [0.15, 0.2) is 5.78 Å². The van der Waals surface area contributed by atoms with Crippen molar-refractivity contribution in [1.29, 1.82) is 0 Å². The highest BCUT2D eigenvalue weighted by Gasteiger charge is 2.12. The van der Waals surface area contributed by atoms with E-state index in [1.807, 2.05) is 18.2 Å². The van der Waals surface area contributed by atoms with Crippen LogP contribution in [-0.4, -0.2) is 41.6 Å². The molecular formula is C20H25NO3. The molecule has 0 spiro atoms. The number of rotatable bonds is 9. The third-order valence-corrected chi connectivity index (χ3v) is 3.87. The standard InChI is InChI=1S/C20H25NO3/c1-3-21(13-17-7-5-4-6-8-17)14-19(23)15-24-20-11-9-18(10-12-20)16(2)22/h4-12,19,23H,3,13-15H2,1-2H3. The summed E-state index contributed by atoms with van der Waals surface area (Å²) in [4.78, 5) is 13.4. The van der Waals surface area contributed by atoms with Crippen LogP contribution in [0.3, 0.4) is 0 Å². The predicted octanol–water partition coefficient (Wildman–Crippen LogP) is 3.15. The molecule has 0 radical (unpaired) electrons. The van der Waals surface area contributed by atoms with Gasteiger partial charge >= 0.3 is 0 Å². The zero-order valence-corrected chi connectivity index (χ0v) is 14.3. The Morgan fingerprint density at radius 2 is 1.79 bits per heavy atom. The maximum atomic E-state index is 11.2. The van der Waals surface area contributed by atoms with E-state index >= 15 is 0 Å². The van der Waals surface area contributed by atoms with E-state index in [2.05, 4.69) is 24.0 Å². The molecule has 2 rings (SSSR count). The molecule has 0 fully saturated rings. The van der Waals surface area contributed by atoms with Crippen LogP contribution in [-0.2, 0) is 6.54 Å². The fraction of sp³-hybridized carbons (Fsp3) is 0.350. The number of likely N-dealkylation sites (N-methyl/N-ethyl adjacent to an activating group) is 1. The Kier molecular flexibility index (Phi) is 6.97. The van der Waals surface area contributed by atoms with E-state index in [1.165, 1.54) is 12.5 Å². The van der Waals surface area contributed by atoms with Crippen molar-refractivity contribution in [1.82, 2.24) is 4.90 Å². The first kappa shape index (κ1) is 18.2. The molecule has 128 valence electrons. The molecule has 2 aromatic rings. The maximum absolute atomic E-state index is 11.2. The lowest BCUT2D eigenvalue weighted by molar-refractivity contribution is 0.0674. The van der Waals surface area contributed by atoms with Crippen LogP contribution in [0.25, 0.3) is 0 Å². The van der Waals surface area contributed by atoms with Crippen LogP contribution in [0.1, 0.15) is 29.8 Å². The monoisotopic (exact) mass is 327 g/mol. The summed E-state index contributed by atoms with van der Waals surface area (Å²) in [6.45, 7) is 6.06. The molecule has 0 amide bonds. The van der Waals surface area contributed by atoms with E-state index in [-0.39, 0.29) is 12.4 Å². The average molecular weight is 327 g/mol. The van der Waals surface area contributed by atoms with Crippen LogP contribution in [0.2, 0.25) is 0 Å². The van der Waals surface area contributed by atoms with Gasteiger partial charge in [-0.25, -0.2) is 0 Å². The number of aliphatic hydroxyl groups excluding tert-OH is 1. The molecule has 1 atom stereocenters. The minimum atomic E-state index is -0.568. The van der Waals surface area contributed by atoms with Gasteiger partial charge in [-0.3, -0.25) is 9.69 Å². The number of aliphatic hydroxyl groups is 1. The Labute approximate surface area is 143 Å². The zero-order chi connectivity index (χ0) is 17.4. The first-order valence-electron chi connectivity index (χ1n) is 8.26. The summed E-state index contributed by atoms with van der Waals surface area (Å²) in [5.41, 5.74) is 1.88. The number of hydrogen-bond acceptors (Lipinski definition) is 4. The maximum Gasteiger partial charge on any atom is 0.159 e. The van der Waals surface area contributed by atoms with Crippen LogP contribution < -0.4 is 4.74 Å². The Bertz CT molecular complexity index is 625. The molecule has 1 N–H and O–H groups in total. The van der Waals surface area contributed by atoms with Gasteiger partial charge in [-0.05, 0) is 43.3 Å². The lowest BCUT2D eigenvalue weighted by atomic mass is 10.1. The fourth-order valence-corrected chi connectivity index (χ4v) is 2.48. The van der Waals surface area contributed by atoms with Gasteiger partial charge in [0, 0.05) is 18.7 Å². The van der Waals surface area contributed by atoms with Crippen molar-refractivity contribution < 1.29 is 14.6 Å². The lowest BCUT2D eigenvalue weighted by Crippen LogP contribution is -2.35. The molecule has 0 aliphatic heterocycles. The largest absolute Gasteiger partial charge is 0.491 e. The van der Waals surface area contributed by atoms with Gasteiger partial charge in [0.05, 0.1) is 0 Å². The number of carbonyl (C=O) groups excluding carboxylic acids is 1. The molecule has 2 aromatic carbocycles. The summed E-state index contributed by atoms with van der Waals surface area (Å²) in [5.74, 6) is 0.686. The summed E-state index contributed by atoms with van der Waals surface area (Å²) in [7, 11) is 0. The highest BCUT2D eigenvalue weighted by molar-refractivity contribution is 5.94. The minimum absolute atomic E-state index is 0.0288.